The lowest BCUT2D eigenvalue weighted by Gasteiger charge is -2.05. The molecule has 2 N–H and O–H groups in total. The van der Waals surface area contributed by atoms with Gasteiger partial charge in [0.05, 0.1) is 7.11 Å². The van der Waals surface area contributed by atoms with Crippen molar-refractivity contribution in [1.82, 2.24) is 0 Å². The average Bonchev–Trinajstić information content (AvgIpc) is 2.84. The number of methoxy groups -OCH3 is 1. The molecule has 4 nitrogen and oxygen atoms in total. The molecule has 0 saturated carbocycles. The van der Waals surface area contributed by atoms with Gasteiger partial charge in [0.15, 0.2) is 17.3 Å². The molecule has 0 fully saturated rings. The van der Waals surface area contributed by atoms with E-state index in [1.54, 1.807) is 6.07 Å². The topological polar surface area (TPSA) is 58.6 Å². The number of hydrogen-bond acceptors (Lipinski definition) is 4. The minimum Gasteiger partial charge on any atom is -0.504 e. The number of carbonyl (C=O) groups is 1. The Labute approximate surface area is 147 Å². The maximum atomic E-state index is 12.5. The summed E-state index contributed by atoms with van der Waals surface area (Å²) in [5.74, 6) is 0.359. The van der Waals surface area contributed by atoms with Gasteiger partial charge in [-0.15, -0.1) is 12.4 Å². The summed E-state index contributed by atoms with van der Waals surface area (Å²) in [6.07, 6.45) is 2.46. The van der Waals surface area contributed by atoms with Crippen molar-refractivity contribution < 1.29 is 14.6 Å². The third-order valence-corrected chi connectivity index (χ3v) is 3.95. The van der Waals surface area contributed by atoms with E-state index in [-0.39, 0.29) is 23.9 Å². The molecule has 0 atom stereocenters. The van der Waals surface area contributed by atoms with Crippen LogP contribution in [-0.2, 0) is 6.42 Å². The minimum absolute atomic E-state index is 0. The highest BCUT2D eigenvalue weighted by atomic mass is 35.5. The fourth-order valence-corrected chi connectivity index (χ4v) is 2.81. The van der Waals surface area contributed by atoms with Crippen LogP contribution < -0.4 is 10.1 Å². The summed E-state index contributed by atoms with van der Waals surface area (Å²) in [6, 6.07) is 11.2. The van der Waals surface area contributed by atoms with Crippen molar-refractivity contribution in [3.63, 3.8) is 0 Å². The second-order valence-electron chi connectivity index (χ2n) is 5.51. The third kappa shape index (κ3) is 3.39. The summed E-state index contributed by atoms with van der Waals surface area (Å²) in [7, 11) is 1.50. The number of nitrogens with one attached hydrogen (secondary N) is 1. The summed E-state index contributed by atoms with van der Waals surface area (Å²) >= 11 is 0. The number of carbonyl (C=O) groups excluding carboxylic acids is 1. The second kappa shape index (κ2) is 7.41. The fourth-order valence-electron chi connectivity index (χ4n) is 2.81. The lowest BCUT2D eigenvalue weighted by atomic mass is 10.1. The lowest BCUT2D eigenvalue weighted by Crippen LogP contribution is -1.97. The predicted octanol–water partition coefficient (Wildman–Crippen LogP) is 4.08. The van der Waals surface area contributed by atoms with E-state index in [9.17, 15) is 9.90 Å². The van der Waals surface area contributed by atoms with Crippen LogP contribution in [0.4, 0.5) is 5.69 Å². The zero-order valence-electron chi connectivity index (χ0n) is 13.6. The van der Waals surface area contributed by atoms with Gasteiger partial charge in [0.2, 0.25) is 0 Å². The van der Waals surface area contributed by atoms with E-state index in [1.165, 1.54) is 13.2 Å². The number of phenolic OH excluding ortho intramolecular Hbond substituents is 1. The monoisotopic (exact) mass is 345 g/mol. The third-order valence-electron chi connectivity index (χ3n) is 3.95. The number of fused-ring (bicyclic) bond motifs is 1. The number of hydrogen-bond donors (Lipinski definition) is 2. The van der Waals surface area contributed by atoms with Crippen LogP contribution in [0.25, 0.3) is 6.08 Å². The minimum atomic E-state index is -0.0336. The predicted molar refractivity (Wildman–Crippen MR) is 98.5 cm³/mol. The van der Waals surface area contributed by atoms with Crippen LogP contribution in [0.3, 0.4) is 0 Å². The molecule has 1 aliphatic carbocycles. The number of halogens is 1. The van der Waals surface area contributed by atoms with Gasteiger partial charge in [0, 0.05) is 29.8 Å². The van der Waals surface area contributed by atoms with Gasteiger partial charge < -0.3 is 15.2 Å². The van der Waals surface area contributed by atoms with Crippen molar-refractivity contribution in [1.29, 1.82) is 0 Å². The molecule has 5 heteroatoms. The van der Waals surface area contributed by atoms with Crippen molar-refractivity contribution in [2.24, 2.45) is 0 Å². The first-order valence-electron chi connectivity index (χ1n) is 7.61. The van der Waals surface area contributed by atoms with Crippen LogP contribution in [0.15, 0.2) is 42.0 Å². The molecule has 24 heavy (non-hydrogen) atoms. The summed E-state index contributed by atoms with van der Waals surface area (Å²) in [6.45, 7) is 2.92. The standard InChI is InChI=1S/C19H19NO3.ClH/c1-3-20-15-6-4-12(5-7-15)8-14-9-13-10-18(23-2)17(21)11-16(13)19(14)22;/h4-8,10-11,20-21H,3,9H2,1-2H3;1H/b14-8+;. The molecule has 0 unspecified atom stereocenters. The SMILES string of the molecule is CCNc1ccc(/C=C2\Cc3cc(OC)c(O)cc3C2=O)cc1.Cl. The van der Waals surface area contributed by atoms with Gasteiger partial charge in [-0.25, -0.2) is 0 Å². The van der Waals surface area contributed by atoms with Gasteiger partial charge in [-0.2, -0.15) is 0 Å². The van der Waals surface area contributed by atoms with Crippen LogP contribution in [0.5, 0.6) is 11.5 Å². The molecule has 0 heterocycles. The highest BCUT2D eigenvalue weighted by Crippen LogP contribution is 2.36. The zero-order valence-corrected chi connectivity index (χ0v) is 14.4. The fraction of sp³-hybridized carbons (Fsp3) is 0.211. The number of allylic oxidation sites excluding steroid dienone is 1. The van der Waals surface area contributed by atoms with Gasteiger partial charge in [-0.1, -0.05) is 12.1 Å². The summed E-state index contributed by atoms with van der Waals surface area (Å²) in [4.78, 5) is 12.5. The van der Waals surface area contributed by atoms with E-state index in [0.717, 1.165) is 28.9 Å². The Bertz CT molecular complexity index is 782. The number of aromatic hydroxyl groups is 1. The summed E-state index contributed by atoms with van der Waals surface area (Å²) in [5.41, 5.74) is 4.21. The van der Waals surface area contributed by atoms with Crippen molar-refractivity contribution in [2.75, 3.05) is 19.0 Å². The normalized spacial score (nSPS) is 14.2. The average molecular weight is 346 g/mol. The van der Waals surface area contributed by atoms with Crippen molar-refractivity contribution in [2.45, 2.75) is 13.3 Å². The lowest BCUT2D eigenvalue weighted by molar-refractivity contribution is 0.104. The number of benzene rings is 2. The molecule has 0 aromatic heterocycles. The maximum Gasteiger partial charge on any atom is 0.189 e. The summed E-state index contributed by atoms with van der Waals surface area (Å²) in [5, 5.41) is 13.1. The van der Waals surface area contributed by atoms with Crippen molar-refractivity contribution in [3.8, 4) is 11.5 Å². The first-order valence-corrected chi connectivity index (χ1v) is 7.61. The Morgan fingerprint density at radius 3 is 2.58 bits per heavy atom. The number of rotatable bonds is 4. The largest absolute Gasteiger partial charge is 0.504 e. The molecule has 0 amide bonds. The first kappa shape index (κ1) is 17.9. The van der Waals surface area contributed by atoms with E-state index in [0.29, 0.717) is 17.7 Å². The van der Waals surface area contributed by atoms with Crippen LogP contribution in [0.1, 0.15) is 28.4 Å². The number of ketones is 1. The molecule has 0 spiro atoms. The van der Waals surface area contributed by atoms with Crippen LogP contribution >= 0.6 is 12.4 Å². The first-order chi connectivity index (χ1) is 11.1. The van der Waals surface area contributed by atoms with E-state index in [1.807, 2.05) is 37.3 Å². The van der Waals surface area contributed by atoms with E-state index < -0.39 is 0 Å². The molecule has 2 aromatic carbocycles. The number of phenols is 1. The van der Waals surface area contributed by atoms with Gasteiger partial charge in [-0.05, 0) is 48.4 Å². The van der Waals surface area contributed by atoms with Gasteiger partial charge >= 0.3 is 0 Å². The molecule has 0 saturated heterocycles. The number of Topliss-reactive ketones (excluding diaryl/α,β-unsaturated/α-hetero) is 1. The van der Waals surface area contributed by atoms with E-state index in [4.69, 9.17) is 4.74 Å². The van der Waals surface area contributed by atoms with E-state index in [2.05, 4.69) is 5.32 Å². The molecule has 2 aromatic rings. The number of ether oxygens (including phenoxy) is 1. The molecule has 1 aliphatic rings. The second-order valence-corrected chi connectivity index (χ2v) is 5.51. The molecule has 0 bridgehead atoms. The maximum absolute atomic E-state index is 12.5. The Morgan fingerprint density at radius 2 is 1.96 bits per heavy atom. The van der Waals surface area contributed by atoms with Crippen LogP contribution in [0, 0.1) is 0 Å². The van der Waals surface area contributed by atoms with Gasteiger partial charge in [0.1, 0.15) is 0 Å². The number of anilines is 1. The highest BCUT2D eigenvalue weighted by Gasteiger charge is 2.26. The van der Waals surface area contributed by atoms with Crippen LogP contribution in [-0.4, -0.2) is 24.5 Å². The smallest absolute Gasteiger partial charge is 0.189 e. The molecule has 3 rings (SSSR count). The Kier molecular flexibility index (Phi) is 5.52. The molecule has 0 aliphatic heterocycles. The van der Waals surface area contributed by atoms with Crippen LogP contribution in [0.2, 0.25) is 0 Å². The molecular formula is C19H20ClNO3. The molecular weight excluding hydrogens is 326 g/mol. The molecule has 0 radical (unpaired) electrons. The van der Waals surface area contributed by atoms with E-state index >= 15 is 0 Å². The van der Waals surface area contributed by atoms with Crippen molar-refractivity contribution >= 4 is 30.0 Å². The Hall–Kier alpha value is -2.46. The Morgan fingerprint density at radius 1 is 1.25 bits per heavy atom. The van der Waals surface area contributed by atoms with Gasteiger partial charge in [-0.3, -0.25) is 4.79 Å². The molecule has 126 valence electrons. The summed E-state index contributed by atoms with van der Waals surface area (Å²) < 4.78 is 5.11. The quantitative estimate of drug-likeness (QED) is 0.820. The van der Waals surface area contributed by atoms with Crippen molar-refractivity contribution in [3.05, 3.63) is 58.7 Å². The van der Waals surface area contributed by atoms with Gasteiger partial charge in [0.25, 0.3) is 0 Å². The highest BCUT2D eigenvalue weighted by molar-refractivity contribution is 6.15. The Balaban J connectivity index is 0.00000208. The zero-order chi connectivity index (χ0) is 16.4.